The van der Waals surface area contributed by atoms with Gasteiger partial charge in [0.25, 0.3) is 0 Å². The Kier molecular flexibility index (Phi) is 4.96. The Morgan fingerprint density at radius 1 is 1.33 bits per heavy atom. The van der Waals surface area contributed by atoms with E-state index in [9.17, 15) is 4.39 Å². The molecule has 1 aromatic carbocycles. The lowest BCUT2D eigenvalue weighted by atomic mass is 10.1. The molecule has 1 fully saturated rings. The molecule has 1 aliphatic heterocycles. The molecule has 0 spiro atoms. The monoisotopic (exact) mass is 252 g/mol. The molecule has 3 nitrogen and oxygen atoms in total. The van der Waals surface area contributed by atoms with E-state index in [0.717, 1.165) is 39.0 Å². The van der Waals surface area contributed by atoms with E-state index in [4.69, 9.17) is 4.74 Å². The second-order valence-corrected chi connectivity index (χ2v) is 4.68. The van der Waals surface area contributed by atoms with E-state index < -0.39 is 0 Å². The number of ether oxygens (including phenoxy) is 1. The molecule has 1 heterocycles. The fourth-order valence-corrected chi connectivity index (χ4v) is 2.32. The first-order valence-corrected chi connectivity index (χ1v) is 6.53. The van der Waals surface area contributed by atoms with Crippen molar-refractivity contribution in [1.82, 2.24) is 4.90 Å². The summed E-state index contributed by atoms with van der Waals surface area (Å²) in [7, 11) is 1.78. The van der Waals surface area contributed by atoms with Crippen LogP contribution < -0.4 is 5.32 Å². The molecule has 0 radical (unpaired) electrons. The van der Waals surface area contributed by atoms with Crippen LogP contribution in [0.4, 0.5) is 10.1 Å². The number of likely N-dealkylation sites (tertiary alicyclic amines) is 1. The molecule has 0 saturated carbocycles. The Bertz CT molecular complexity index is 365. The first kappa shape index (κ1) is 13.3. The maximum Gasteiger partial charge on any atom is 0.146 e. The summed E-state index contributed by atoms with van der Waals surface area (Å²) in [5, 5.41) is 3.14. The number of rotatable bonds is 5. The van der Waals surface area contributed by atoms with Gasteiger partial charge in [-0.2, -0.15) is 0 Å². The zero-order valence-electron chi connectivity index (χ0n) is 10.9. The van der Waals surface area contributed by atoms with E-state index in [1.54, 1.807) is 19.2 Å². The van der Waals surface area contributed by atoms with Crippen LogP contribution in [0.3, 0.4) is 0 Å². The third-order valence-electron chi connectivity index (χ3n) is 3.49. The molecule has 18 heavy (non-hydrogen) atoms. The molecule has 1 N–H and O–H groups in total. The Labute approximate surface area is 108 Å². The van der Waals surface area contributed by atoms with Gasteiger partial charge in [-0.1, -0.05) is 12.1 Å². The minimum Gasteiger partial charge on any atom is -0.381 e. The second kappa shape index (κ2) is 6.71. The van der Waals surface area contributed by atoms with Gasteiger partial charge < -0.3 is 15.0 Å². The molecule has 0 aromatic heterocycles. The molecule has 2 rings (SSSR count). The Morgan fingerprint density at radius 2 is 2.06 bits per heavy atom. The van der Waals surface area contributed by atoms with Crippen molar-refractivity contribution in [3.63, 3.8) is 0 Å². The van der Waals surface area contributed by atoms with Crippen LogP contribution in [-0.2, 0) is 4.74 Å². The minimum atomic E-state index is -0.185. The number of halogens is 1. The van der Waals surface area contributed by atoms with Crippen molar-refractivity contribution < 1.29 is 9.13 Å². The summed E-state index contributed by atoms with van der Waals surface area (Å²) in [5.74, 6) is -0.185. The topological polar surface area (TPSA) is 24.5 Å². The van der Waals surface area contributed by atoms with E-state index in [2.05, 4.69) is 10.2 Å². The number of benzene rings is 1. The third-order valence-corrected chi connectivity index (χ3v) is 3.49. The van der Waals surface area contributed by atoms with E-state index in [1.807, 2.05) is 6.07 Å². The minimum absolute atomic E-state index is 0.185. The molecule has 1 aromatic rings. The van der Waals surface area contributed by atoms with Gasteiger partial charge in [-0.05, 0) is 25.0 Å². The molecule has 0 amide bonds. The van der Waals surface area contributed by atoms with E-state index >= 15 is 0 Å². The van der Waals surface area contributed by atoms with Gasteiger partial charge in [-0.3, -0.25) is 0 Å². The molecule has 100 valence electrons. The fourth-order valence-electron chi connectivity index (χ4n) is 2.32. The lowest BCUT2D eigenvalue weighted by molar-refractivity contribution is 0.0423. The highest BCUT2D eigenvalue weighted by Gasteiger charge is 2.17. The molecule has 4 heteroatoms. The molecule has 0 atom stereocenters. The zero-order valence-corrected chi connectivity index (χ0v) is 10.9. The van der Waals surface area contributed by atoms with Crippen molar-refractivity contribution >= 4 is 5.69 Å². The number of anilines is 1. The van der Waals surface area contributed by atoms with Crippen molar-refractivity contribution in [2.45, 2.75) is 18.9 Å². The zero-order chi connectivity index (χ0) is 12.8. The van der Waals surface area contributed by atoms with Gasteiger partial charge >= 0.3 is 0 Å². The fraction of sp³-hybridized carbons (Fsp3) is 0.571. The summed E-state index contributed by atoms with van der Waals surface area (Å²) in [5.41, 5.74) is 0.587. The van der Waals surface area contributed by atoms with Crippen LogP contribution in [0.2, 0.25) is 0 Å². The van der Waals surface area contributed by atoms with Crippen LogP contribution in [0.1, 0.15) is 12.8 Å². The Hall–Kier alpha value is -1.13. The average Bonchev–Trinajstić information content (AvgIpc) is 2.42. The van der Waals surface area contributed by atoms with Crippen molar-refractivity contribution in [2.75, 3.05) is 38.6 Å². The van der Waals surface area contributed by atoms with Gasteiger partial charge in [-0.25, -0.2) is 4.39 Å². The van der Waals surface area contributed by atoms with Gasteiger partial charge in [0.1, 0.15) is 5.82 Å². The maximum absolute atomic E-state index is 13.4. The predicted molar refractivity (Wildman–Crippen MR) is 71.4 cm³/mol. The van der Waals surface area contributed by atoms with Gasteiger partial charge in [-0.15, -0.1) is 0 Å². The van der Waals surface area contributed by atoms with Crippen molar-refractivity contribution in [3.8, 4) is 0 Å². The molecule has 0 unspecified atom stereocenters. The normalized spacial score (nSPS) is 17.9. The standard InChI is InChI=1S/C14H21FN2O/c1-18-12-6-9-17(10-7-12)11-8-16-14-5-3-2-4-13(14)15/h2-5,12,16H,6-11H2,1H3. The summed E-state index contributed by atoms with van der Waals surface area (Å²) in [6, 6.07) is 6.80. The molecule has 0 bridgehead atoms. The van der Waals surface area contributed by atoms with E-state index in [0.29, 0.717) is 11.8 Å². The van der Waals surface area contributed by atoms with Crippen LogP contribution in [0, 0.1) is 5.82 Å². The Balaban J connectivity index is 1.69. The summed E-state index contributed by atoms with van der Waals surface area (Å²) in [6.45, 7) is 3.86. The number of para-hydroxylation sites is 1. The first-order chi connectivity index (χ1) is 8.79. The van der Waals surface area contributed by atoms with E-state index in [1.165, 1.54) is 6.07 Å². The van der Waals surface area contributed by atoms with E-state index in [-0.39, 0.29) is 5.82 Å². The van der Waals surface area contributed by atoms with Crippen LogP contribution in [-0.4, -0.2) is 44.3 Å². The van der Waals surface area contributed by atoms with Crippen LogP contribution in [0.25, 0.3) is 0 Å². The summed E-state index contributed by atoms with van der Waals surface area (Å²) >= 11 is 0. The Morgan fingerprint density at radius 3 is 2.72 bits per heavy atom. The molecule has 1 saturated heterocycles. The van der Waals surface area contributed by atoms with Gasteiger partial charge in [0, 0.05) is 33.3 Å². The number of nitrogens with one attached hydrogen (secondary N) is 1. The summed E-state index contributed by atoms with van der Waals surface area (Å²) in [6.07, 6.45) is 2.60. The number of methoxy groups -OCH3 is 1. The summed E-state index contributed by atoms with van der Waals surface area (Å²) < 4.78 is 18.7. The predicted octanol–water partition coefficient (Wildman–Crippen LogP) is 2.35. The number of nitrogens with zero attached hydrogens (tertiary/aromatic N) is 1. The van der Waals surface area contributed by atoms with Crippen molar-refractivity contribution in [1.29, 1.82) is 0 Å². The largest absolute Gasteiger partial charge is 0.381 e. The molecular weight excluding hydrogens is 231 g/mol. The van der Waals surface area contributed by atoms with Gasteiger partial charge in [0.05, 0.1) is 11.8 Å². The SMILES string of the molecule is COC1CCN(CCNc2ccccc2F)CC1. The van der Waals surface area contributed by atoms with Crippen LogP contribution >= 0.6 is 0 Å². The lowest BCUT2D eigenvalue weighted by Crippen LogP contribution is -2.39. The highest BCUT2D eigenvalue weighted by atomic mass is 19.1. The second-order valence-electron chi connectivity index (χ2n) is 4.68. The number of hydrogen-bond acceptors (Lipinski definition) is 3. The quantitative estimate of drug-likeness (QED) is 0.870. The number of piperidine rings is 1. The van der Waals surface area contributed by atoms with Crippen LogP contribution in [0.15, 0.2) is 24.3 Å². The van der Waals surface area contributed by atoms with Crippen LogP contribution in [0.5, 0.6) is 0 Å². The summed E-state index contributed by atoms with van der Waals surface area (Å²) in [4.78, 5) is 2.39. The highest BCUT2D eigenvalue weighted by molar-refractivity contribution is 5.44. The van der Waals surface area contributed by atoms with Gasteiger partial charge in [0.2, 0.25) is 0 Å². The first-order valence-electron chi connectivity index (χ1n) is 6.53. The lowest BCUT2D eigenvalue weighted by Gasteiger charge is -2.31. The van der Waals surface area contributed by atoms with Gasteiger partial charge in [0.15, 0.2) is 0 Å². The smallest absolute Gasteiger partial charge is 0.146 e. The maximum atomic E-state index is 13.4. The number of hydrogen-bond donors (Lipinski definition) is 1. The van der Waals surface area contributed by atoms with Crippen molar-refractivity contribution in [3.05, 3.63) is 30.1 Å². The highest BCUT2D eigenvalue weighted by Crippen LogP contribution is 2.14. The molecular formula is C14H21FN2O. The van der Waals surface area contributed by atoms with Crippen molar-refractivity contribution in [2.24, 2.45) is 0 Å². The molecule has 1 aliphatic rings. The average molecular weight is 252 g/mol. The third kappa shape index (κ3) is 3.68. The molecule has 0 aliphatic carbocycles.